The van der Waals surface area contributed by atoms with E-state index in [0.29, 0.717) is 25.2 Å². The van der Waals surface area contributed by atoms with E-state index in [0.717, 1.165) is 12.1 Å². The molecule has 90 valence electrons. The zero-order chi connectivity index (χ0) is 12.0. The topological polar surface area (TPSA) is 67.2 Å². The highest BCUT2D eigenvalue weighted by Gasteiger charge is 2.12. The quantitative estimate of drug-likeness (QED) is 0.696. The first kappa shape index (κ1) is 12.7. The van der Waals surface area contributed by atoms with Crippen LogP contribution >= 0.6 is 0 Å². The van der Waals surface area contributed by atoms with Gasteiger partial charge in [-0.15, -0.1) is 0 Å². The molecule has 1 aromatic heterocycles. The minimum absolute atomic E-state index is 0.0908. The number of aryl methyl sites for hydroxylation is 2. The average molecular weight is 225 g/mol. The molecule has 0 unspecified atom stereocenters. The summed E-state index contributed by atoms with van der Waals surface area (Å²) in [5.41, 5.74) is 1.52. The molecule has 5 heteroatoms. The first-order valence-corrected chi connectivity index (χ1v) is 5.68. The molecule has 0 radical (unpaired) electrons. The Labute approximate surface area is 95.5 Å². The fraction of sp³-hybridized carbons (Fsp3) is 0.636. The molecule has 5 nitrogen and oxygen atoms in total. The van der Waals surface area contributed by atoms with Gasteiger partial charge in [-0.3, -0.25) is 9.48 Å². The highest BCUT2D eigenvalue weighted by molar-refractivity contribution is 5.92. The molecule has 2 N–H and O–H groups in total. The highest BCUT2D eigenvalue weighted by Crippen LogP contribution is 2.05. The number of nitrogens with zero attached hydrogens (tertiary/aromatic N) is 2. The molecule has 1 aromatic rings. The summed E-state index contributed by atoms with van der Waals surface area (Å²) in [5, 5.41) is 15.7. The maximum atomic E-state index is 11.8. The van der Waals surface area contributed by atoms with Gasteiger partial charge in [0.2, 0.25) is 0 Å². The van der Waals surface area contributed by atoms with Crippen molar-refractivity contribution in [3.63, 3.8) is 0 Å². The van der Waals surface area contributed by atoms with Gasteiger partial charge in [-0.2, -0.15) is 5.10 Å². The van der Waals surface area contributed by atoms with Crippen LogP contribution in [0.1, 0.15) is 36.5 Å². The van der Waals surface area contributed by atoms with Crippen LogP contribution in [-0.2, 0) is 13.0 Å². The molecule has 1 heterocycles. The Morgan fingerprint density at radius 2 is 2.31 bits per heavy atom. The van der Waals surface area contributed by atoms with Gasteiger partial charge >= 0.3 is 0 Å². The van der Waals surface area contributed by atoms with Crippen molar-refractivity contribution in [3.8, 4) is 0 Å². The van der Waals surface area contributed by atoms with Crippen LogP contribution in [0.5, 0.6) is 0 Å². The first-order chi connectivity index (χ1) is 7.72. The normalized spacial score (nSPS) is 10.4. The Morgan fingerprint density at radius 1 is 1.56 bits per heavy atom. The van der Waals surface area contributed by atoms with Crippen LogP contribution in [0, 0.1) is 0 Å². The molecular formula is C11H19N3O2. The molecule has 0 aliphatic rings. The number of hydrogen-bond donors (Lipinski definition) is 2. The average Bonchev–Trinajstić information content (AvgIpc) is 2.72. The number of carbonyl (C=O) groups is 1. The standard InChI is InChI=1S/C11H19N3O2/c1-3-9-8-10(14(4-2)13-9)11(16)12-6-5-7-15/h8,15H,3-7H2,1-2H3,(H,12,16). The Bertz CT molecular complexity index is 347. The summed E-state index contributed by atoms with van der Waals surface area (Å²) < 4.78 is 1.70. The van der Waals surface area contributed by atoms with Crippen LogP contribution < -0.4 is 5.32 Å². The SMILES string of the molecule is CCc1cc(C(=O)NCCCO)n(CC)n1. The van der Waals surface area contributed by atoms with Crippen LogP contribution in [0.4, 0.5) is 0 Å². The van der Waals surface area contributed by atoms with Crippen LogP contribution in [-0.4, -0.2) is 33.9 Å². The van der Waals surface area contributed by atoms with Gasteiger partial charge in [-0.05, 0) is 25.8 Å². The zero-order valence-corrected chi connectivity index (χ0v) is 9.86. The predicted molar refractivity (Wildman–Crippen MR) is 61.3 cm³/mol. The highest BCUT2D eigenvalue weighted by atomic mass is 16.3. The zero-order valence-electron chi connectivity index (χ0n) is 9.86. The molecule has 16 heavy (non-hydrogen) atoms. The van der Waals surface area contributed by atoms with Crippen LogP contribution in [0.25, 0.3) is 0 Å². The number of nitrogens with one attached hydrogen (secondary N) is 1. The third-order valence-corrected chi connectivity index (χ3v) is 2.35. The van der Waals surface area contributed by atoms with E-state index in [4.69, 9.17) is 5.11 Å². The van der Waals surface area contributed by atoms with Gasteiger partial charge in [0.1, 0.15) is 5.69 Å². The van der Waals surface area contributed by atoms with Crippen molar-refractivity contribution >= 4 is 5.91 Å². The molecular weight excluding hydrogens is 206 g/mol. The van der Waals surface area contributed by atoms with Crippen molar-refractivity contribution < 1.29 is 9.90 Å². The van der Waals surface area contributed by atoms with Crippen molar-refractivity contribution in [1.82, 2.24) is 15.1 Å². The summed E-state index contributed by atoms with van der Waals surface area (Å²) in [7, 11) is 0. The molecule has 0 aliphatic carbocycles. The van der Waals surface area contributed by atoms with Crippen LogP contribution in [0.15, 0.2) is 6.07 Å². The first-order valence-electron chi connectivity index (χ1n) is 5.68. The molecule has 0 saturated heterocycles. The number of amides is 1. The van der Waals surface area contributed by atoms with Crippen LogP contribution in [0.2, 0.25) is 0 Å². The van der Waals surface area contributed by atoms with Crippen molar-refractivity contribution in [2.24, 2.45) is 0 Å². The Morgan fingerprint density at radius 3 is 2.88 bits per heavy atom. The van der Waals surface area contributed by atoms with Crippen molar-refractivity contribution in [1.29, 1.82) is 0 Å². The van der Waals surface area contributed by atoms with Crippen LogP contribution in [0.3, 0.4) is 0 Å². The van der Waals surface area contributed by atoms with Gasteiger partial charge in [0.15, 0.2) is 0 Å². The van der Waals surface area contributed by atoms with E-state index in [2.05, 4.69) is 10.4 Å². The van der Waals surface area contributed by atoms with Gasteiger partial charge in [-0.25, -0.2) is 0 Å². The third kappa shape index (κ3) is 3.06. The van der Waals surface area contributed by atoms with E-state index in [-0.39, 0.29) is 12.5 Å². The van der Waals surface area contributed by atoms with E-state index < -0.39 is 0 Å². The second-order valence-electron chi connectivity index (χ2n) is 3.52. The van der Waals surface area contributed by atoms with Gasteiger partial charge in [0, 0.05) is 19.7 Å². The van der Waals surface area contributed by atoms with Crippen molar-refractivity contribution in [3.05, 3.63) is 17.5 Å². The Hall–Kier alpha value is -1.36. The smallest absolute Gasteiger partial charge is 0.269 e. The lowest BCUT2D eigenvalue weighted by Gasteiger charge is -2.05. The number of aliphatic hydroxyl groups is 1. The molecule has 0 atom stereocenters. The molecule has 0 spiro atoms. The molecule has 0 aliphatic heterocycles. The lowest BCUT2D eigenvalue weighted by Crippen LogP contribution is -2.27. The Kier molecular flexibility index (Phi) is 4.98. The lowest BCUT2D eigenvalue weighted by molar-refractivity contribution is 0.0940. The fourth-order valence-corrected chi connectivity index (χ4v) is 1.44. The van der Waals surface area contributed by atoms with Gasteiger partial charge in [0.25, 0.3) is 5.91 Å². The molecule has 1 amide bonds. The van der Waals surface area contributed by atoms with E-state index in [9.17, 15) is 4.79 Å². The van der Waals surface area contributed by atoms with E-state index in [1.807, 2.05) is 19.9 Å². The minimum Gasteiger partial charge on any atom is -0.396 e. The molecule has 1 rings (SSSR count). The largest absolute Gasteiger partial charge is 0.396 e. The van der Waals surface area contributed by atoms with Crippen molar-refractivity contribution in [2.45, 2.75) is 33.2 Å². The number of aromatic nitrogens is 2. The number of rotatable bonds is 6. The van der Waals surface area contributed by atoms with E-state index in [1.54, 1.807) is 4.68 Å². The number of carbonyl (C=O) groups excluding carboxylic acids is 1. The lowest BCUT2D eigenvalue weighted by atomic mass is 10.3. The summed E-state index contributed by atoms with van der Waals surface area (Å²) in [6, 6.07) is 1.82. The molecule has 0 aromatic carbocycles. The number of hydrogen-bond acceptors (Lipinski definition) is 3. The molecule has 0 bridgehead atoms. The number of aliphatic hydroxyl groups excluding tert-OH is 1. The summed E-state index contributed by atoms with van der Waals surface area (Å²) in [5.74, 6) is -0.123. The van der Waals surface area contributed by atoms with E-state index in [1.165, 1.54) is 0 Å². The summed E-state index contributed by atoms with van der Waals surface area (Å²) >= 11 is 0. The summed E-state index contributed by atoms with van der Waals surface area (Å²) in [6.07, 6.45) is 1.40. The second kappa shape index (κ2) is 6.27. The molecule has 0 fully saturated rings. The summed E-state index contributed by atoms with van der Waals surface area (Å²) in [4.78, 5) is 11.8. The molecule has 0 saturated carbocycles. The Balaban J connectivity index is 2.69. The maximum absolute atomic E-state index is 11.8. The predicted octanol–water partition coefficient (Wildman–Crippen LogP) is 0.578. The monoisotopic (exact) mass is 225 g/mol. The van der Waals surface area contributed by atoms with Gasteiger partial charge in [-0.1, -0.05) is 6.92 Å². The maximum Gasteiger partial charge on any atom is 0.269 e. The van der Waals surface area contributed by atoms with E-state index >= 15 is 0 Å². The van der Waals surface area contributed by atoms with Gasteiger partial charge < -0.3 is 10.4 Å². The second-order valence-corrected chi connectivity index (χ2v) is 3.52. The summed E-state index contributed by atoms with van der Waals surface area (Å²) in [6.45, 7) is 5.23. The minimum atomic E-state index is -0.123. The third-order valence-electron chi connectivity index (χ3n) is 2.35. The van der Waals surface area contributed by atoms with Crippen molar-refractivity contribution in [2.75, 3.05) is 13.2 Å². The van der Waals surface area contributed by atoms with Gasteiger partial charge in [0.05, 0.1) is 5.69 Å². The fourth-order valence-electron chi connectivity index (χ4n) is 1.44.